The van der Waals surface area contributed by atoms with Crippen LogP contribution in [0.2, 0.25) is 0 Å². The normalized spacial score (nSPS) is 16.4. The largest absolute Gasteiger partial charge is 0.323 e. The van der Waals surface area contributed by atoms with Gasteiger partial charge in [-0.15, -0.1) is 0 Å². The SMILES string of the molecule is Cc1ccc(Cn2c([C@H]3CC(=O)N(c4ccc(C)cc4C)C3)nc3ccccc32)cc1. The fourth-order valence-corrected chi connectivity index (χ4v) is 4.67. The number of amides is 1. The molecule has 1 fully saturated rings. The number of hydrogen-bond acceptors (Lipinski definition) is 2. The van der Waals surface area contributed by atoms with Crippen LogP contribution >= 0.6 is 0 Å². The standard InChI is InChI=1S/C27H27N3O/c1-18-8-11-21(12-9-18)16-30-25-7-5-4-6-23(25)28-27(30)22-15-26(31)29(17-22)24-13-10-19(2)14-20(24)3/h4-14,22H,15-17H2,1-3H3/t22-/m0/s1. The van der Waals surface area contributed by atoms with Crippen molar-refractivity contribution < 1.29 is 4.79 Å². The Balaban J connectivity index is 1.52. The third kappa shape index (κ3) is 3.63. The lowest BCUT2D eigenvalue weighted by atomic mass is 10.1. The molecule has 0 N–H and O–H groups in total. The van der Waals surface area contributed by atoms with Gasteiger partial charge < -0.3 is 9.47 Å². The van der Waals surface area contributed by atoms with Crippen molar-refractivity contribution in [1.29, 1.82) is 0 Å². The van der Waals surface area contributed by atoms with E-state index in [4.69, 9.17) is 4.98 Å². The van der Waals surface area contributed by atoms with E-state index in [0.29, 0.717) is 13.0 Å². The zero-order chi connectivity index (χ0) is 21.5. The Morgan fingerprint density at radius 3 is 2.45 bits per heavy atom. The summed E-state index contributed by atoms with van der Waals surface area (Å²) >= 11 is 0. The summed E-state index contributed by atoms with van der Waals surface area (Å²) in [5.74, 6) is 1.25. The van der Waals surface area contributed by atoms with Crippen LogP contribution in [0.15, 0.2) is 66.7 Å². The van der Waals surface area contributed by atoms with Gasteiger partial charge in [0.05, 0.1) is 11.0 Å². The van der Waals surface area contributed by atoms with Gasteiger partial charge in [0, 0.05) is 31.1 Å². The smallest absolute Gasteiger partial charge is 0.227 e. The number of anilines is 1. The summed E-state index contributed by atoms with van der Waals surface area (Å²) in [7, 11) is 0. The number of aromatic nitrogens is 2. The van der Waals surface area contributed by atoms with Crippen LogP contribution in [0.25, 0.3) is 11.0 Å². The molecule has 0 unspecified atom stereocenters. The number of rotatable bonds is 4. The average molecular weight is 410 g/mol. The van der Waals surface area contributed by atoms with E-state index in [2.05, 4.69) is 86.0 Å². The van der Waals surface area contributed by atoms with E-state index in [0.717, 1.165) is 34.7 Å². The maximum atomic E-state index is 13.0. The lowest BCUT2D eigenvalue weighted by Crippen LogP contribution is -2.25. The van der Waals surface area contributed by atoms with E-state index in [9.17, 15) is 4.79 Å². The molecular formula is C27H27N3O. The third-order valence-corrected chi connectivity index (χ3v) is 6.28. The summed E-state index contributed by atoms with van der Waals surface area (Å²) in [5.41, 5.74) is 7.97. The molecule has 1 aromatic heterocycles. The number of imidazole rings is 1. The maximum absolute atomic E-state index is 13.0. The topological polar surface area (TPSA) is 38.1 Å². The molecule has 1 atom stereocenters. The van der Waals surface area contributed by atoms with Crippen molar-refractivity contribution in [3.8, 4) is 0 Å². The molecule has 5 rings (SSSR count). The number of carbonyl (C=O) groups excluding carboxylic acids is 1. The van der Waals surface area contributed by atoms with E-state index < -0.39 is 0 Å². The Hall–Kier alpha value is -3.40. The van der Waals surface area contributed by atoms with E-state index in [-0.39, 0.29) is 11.8 Å². The van der Waals surface area contributed by atoms with E-state index in [1.165, 1.54) is 16.7 Å². The highest BCUT2D eigenvalue weighted by Crippen LogP contribution is 2.35. The molecule has 0 bridgehead atoms. The maximum Gasteiger partial charge on any atom is 0.227 e. The molecule has 156 valence electrons. The molecule has 1 aliphatic rings. The number of aryl methyl sites for hydroxylation is 3. The van der Waals surface area contributed by atoms with E-state index >= 15 is 0 Å². The molecule has 31 heavy (non-hydrogen) atoms. The number of benzene rings is 3. The van der Waals surface area contributed by atoms with Crippen molar-refractivity contribution >= 4 is 22.6 Å². The van der Waals surface area contributed by atoms with Gasteiger partial charge in [-0.3, -0.25) is 4.79 Å². The summed E-state index contributed by atoms with van der Waals surface area (Å²) < 4.78 is 2.30. The fraction of sp³-hybridized carbons (Fsp3) is 0.259. The Morgan fingerprint density at radius 1 is 0.935 bits per heavy atom. The Labute approximate surface area is 183 Å². The molecule has 0 radical (unpaired) electrons. The lowest BCUT2D eigenvalue weighted by molar-refractivity contribution is -0.117. The molecule has 0 aliphatic carbocycles. The van der Waals surface area contributed by atoms with Crippen molar-refractivity contribution in [3.63, 3.8) is 0 Å². The summed E-state index contributed by atoms with van der Waals surface area (Å²) in [4.78, 5) is 19.9. The minimum absolute atomic E-state index is 0.0750. The number of para-hydroxylation sites is 2. The van der Waals surface area contributed by atoms with Crippen molar-refractivity contribution in [2.24, 2.45) is 0 Å². The van der Waals surface area contributed by atoms with Gasteiger partial charge >= 0.3 is 0 Å². The molecule has 1 amide bonds. The molecule has 3 aromatic carbocycles. The number of carbonyl (C=O) groups is 1. The van der Waals surface area contributed by atoms with Gasteiger partial charge in [0.15, 0.2) is 0 Å². The van der Waals surface area contributed by atoms with Gasteiger partial charge in [-0.2, -0.15) is 0 Å². The minimum atomic E-state index is 0.0750. The average Bonchev–Trinajstić information content (AvgIpc) is 3.30. The molecule has 1 aliphatic heterocycles. The zero-order valence-corrected chi connectivity index (χ0v) is 18.3. The predicted molar refractivity (Wildman–Crippen MR) is 126 cm³/mol. The van der Waals surface area contributed by atoms with Crippen LogP contribution in [0.5, 0.6) is 0 Å². The number of nitrogens with zero attached hydrogens (tertiary/aromatic N) is 3. The van der Waals surface area contributed by atoms with Crippen LogP contribution in [0.1, 0.15) is 40.4 Å². The Bertz CT molecular complexity index is 1270. The van der Waals surface area contributed by atoms with Gasteiger partial charge in [-0.25, -0.2) is 4.98 Å². The molecular weight excluding hydrogens is 382 g/mol. The first kappa shape index (κ1) is 19.6. The second-order valence-corrected chi connectivity index (χ2v) is 8.73. The molecule has 4 heteroatoms. The second kappa shape index (κ2) is 7.69. The van der Waals surface area contributed by atoms with Crippen molar-refractivity contribution in [3.05, 3.63) is 94.8 Å². The monoisotopic (exact) mass is 409 g/mol. The lowest BCUT2D eigenvalue weighted by Gasteiger charge is -2.20. The van der Waals surface area contributed by atoms with Gasteiger partial charge in [0.25, 0.3) is 0 Å². The summed E-state index contributed by atoms with van der Waals surface area (Å²) in [6, 6.07) is 23.2. The molecule has 0 spiro atoms. The van der Waals surface area contributed by atoms with Gasteiger partial charge in [-0.05, 0) is 50.1 Å². The molecule has 4 aromatic rings. The Morgan fingerprint density at radius 2 is 1.68 bits per heavy atom. The highest BCUT2D eigenvalue weighted by molar-refractivity contribution is 5.97. The zero-order valence-electron chi connectivity index (χ0n) is 18.3. The third-order valence-electron chi connectivity index (χ3n) is 6.28. The molecule has 4 nitrogen and oxygen atoms in total. The highest BCUT2D eigenvalue weighted by Gasteiger charge is 2.35. The first-order chi connectivity index (χ1) is 15.0. The van der Waals surface area contributed by atoms with Crippen LogP contribution in [0, 0.1) is 20.8 Å². The summed E-state index contributed by atoms with van der Waals surface area (Å²) in [5, 5.41) is 0. The van der Waals surface area contributed by atoms with Crippen LogP contribution in [-0.2, 0) is 11.3 Å². The molecule has 0 saturated carbocycles. The first-order valence-corrected chi connectivity index (χ1v) is 10.9. The number of hydrogen-bond donors (Lipinski definition) is 0. The van der Waals surface area contributed by atoms with E-state index in [1.54, 1.807) is 0 Å². The first-order valence-electron chi connectivity index (χ1n) is 10.9. The fourth-order valence-electron chi connectivity index (χ4n) is 4.67. The quantitative estimate of drug-likeness (QED) is 0.444. The van der Waals surface area contributed by atoms with E-state index in [1.807, 2.05) is 11.0 Å². The summed E-state index contributed by atoms with van der Waals surface area (Å²) in [6.07, 6.45) is 0.491. The van der Waals surface area contributed by atoms with Gasteiger partial charge in [0.1, 0.15) is 5.82 Å². The van der Waals surface area contributed by atoms with Crippen LogP contribution in [0.3, 0.4) is 0 Å². The number of fused-ring (bicyclic) bond motifs is 1. The van der Waals surface area contributed by atoms with Gasteiger partial charge in [-0.1, -0.05) is 59.7 Å². The van der Waals surface area contributed by atoms with Crippen molar-refractivity contribution in [2.75, 3.05) is 11.4 Å². The van der Waals surface area contributed by atoms with Crippen LogP contribution in [-0.4, -0.2) is 22.0 Å². The van der Waals surface area contributed by atoms with Crippen molar-refractivity contribution in [1.82, 2.24) is 9.55 Å². The highest BCUT2D eigenvalue weighted by atomic mass is 16.2. The van der Waals surface area contributed by atoms with Crippen molar-refractivity contribution in [2.45, 2.75) is 39.7 Å². The van der Waals surface area contributed by atoms with Crippen LogP contribution < -0.4 is 4.90 Å². The molecule has 1 saturated heterocycles. The second-order valence-electron chi connectivity index (χ2n) is 8.73. The van der Waals surface area contributed by atoms with Crippen LogP contribution in [0.4, 0.5) is 5.69 Å². The Kier molecular flexibility index (Phi) is 4.85. The van der Waals surface area contributed by atoms with Gasteiger partial charge in [0.2, 0.25) is 5.91 Å². The predicted octanol–water partition coefficient (Wildman–Crippen LogP) is 5.53. The summed E-state index contributed by atoms with van der Waals surface area (Å²) in [6.45, 7) is 7.69. The minimum Gasteiger partial charge on any atom is -0.323 e. The molecule has 2 heterocycles.